The Morgan fingerprint density at radius 3 is 2.56 bits per heavy atom. The fraction of sp³-hybridized carbons (Fsp3) is 0.158. The quantitative estimate of drug-likeness (QED) is 0.589. The standard InChI is InChI=1S/C19H18N6O2/c1-2-23-16-6-3-4-7-17(16)24(19(23)27)13-18(26)22-14-12-20-10-8-15(14)25-11-5-9-21-25/h3-12H,2,13H2,1H3,(H,22,26). The van der Waals surface area contributed by atoms with E-state index < -0.39 is 0 Å². The highest BCUT2D eigenvalue weighted by atomic mass is 16.2. The van der Waals surface area contributed by atoms with Gasteiger partial charge in [-0.3, -0.25) is 18.9 Å². The van der Waals surface area contributed by atoms with Gasteiger partial charge in [0.2, 0.25) is 5.91 Å². The number of pyridine rings is 1. The molecule has 0 bridgehead atoms. The molecule has 0 aliphatic heterocycles. The van der Waals surface area contributed by atoms with Crippen LogP contribution in [0.15, 0.2) is 66.0 Å². The van der Waals surface area contributed by atoms with Crippen LogP contribution < -0.4 is 11.0 Å². The Balaban J connectivity index is 1.65. The molecule has 136 valence electrons. The number of nitrogens with zero attached hydrogens (tertiary/aromatic N) is 5. The Morgan fingerprint density at radius 2 is 1.85 bits per heavy atom. The number of hydrogen-bond donors (Lipinski definition) is 1. The van der Waals surface area contributed by atoms with Crippen molar-refractivity contribution in [3.8, 4) is 5.69 Å². The van der Waals surface area contributed by atoms with Gasteiger partial charge in [0.1, 0.15) is 6.54 Å². The highest BCUT2D eigenvalue weighted by Crippen LogP contribution is 2.18. The molecule has 4 rings (SSSR count). The molecule has 27 heavy (non-hydrogen) atoms. The van der Waals surface area contributed by atoms with Crippen LogP contribution in [-0.4, -0.2) is 29.8 Å². The molecule has 0 fully saturated rings. The number of aromatic nitrogens is 5. The molecular formula is C19H18N6O2. The van der Waals surface area contributed by atoms with E-state index in [-0.39, 0.29) is 18.1 Å². The summed E-state index contributed by atoms with van der Waals surface area (Å²) in [5, 5.41) is 7.02. The Labute approximate surface area is 154 Å². The SMILES string of the molecule is CCn1c(=O)n(CC(=O)Nc2cnccc2-n2cccn2)c2ccccc21. The molecule has 1 aromatic carbocycles. The van der Waals surface area contributed by atoms with E-state index in [1.807, 2.05) is 31.2 Å². The van der Waals surface area contributed by atoms with Crippen LogP contribution in [0.5, 0.6) is 0 Å². The van der Waals surface area contributed by atoms with Gasteiger partial charge in [-0.25, -0.2) is 9.48 Å². The fourth-order valence-electron chi connectivity index (χ4n) is 3.16. The highest BCUT2D eigenvalue weighted by Gasteiger charge is 2.15. The first kappa shape index (κ1) is 16.8. The lowest BCUT2D eigenvalue weighted by atomic mass is 10.3. The van der Waals surface area contributed by atoms with Crippen molar-refractivity contribution >= 4 is 22.6 Å². The second-order valence-electron chi connectivity index (χ2n) is 5.99. The van der Waals surface area contributed by atoms with E-state index in [2.05, 4.69) is 15.4 Å². The molecule has 8 heteroatoms. The minimum absolute atomic E-state index is 0.0835. The number of fused-ring (bicyclic) bond motifs is 1. The van der Waals surface area contributed by atoms with E-state index >= 15 is 0 Å². The molecule has 1 amide bonds. The molecule has 1 N–H and O–H groups in total. The van der Waals surface area contributed by atoms with Gasteiger partial charge in [-0.05, 0) is 31.2 Å². The zero-order chi connectivity index (χ0) is 18.8. The van der Waals surface area contributed by atoms with E-state index in [1.54, 1.807) is 46.2 Å². The lowest BCUT2D eigenvalue weighted by Gasteiger charge is -2.11. The van der Waals surface area contributed by atoms with Gasteiger partial charge in [0.25, 0.3) is 0 Å². The number of imidazole rings is 1. The number of benzene rings is 1. The highest BCUT2D eigenvalue weighted by molar-refractivity contribution is 5.93. The molecule has 4 aromatic rings. The Bertz CT molecular complexity index is 1160. The molecule has 0 aliphatic carbocycles. The van der Waals surface area contributed by atoms with Crippen molar-refractivity contribution in [1.82, 2.24) is 23.9 Å². The van der Waals surface area contributed by atoms with Crippen LogP contribution in [0.2, 0.25) is 0 Å². The van der Waals surface area contributed by atoms with Gasteiger partial charge in [0.05, 0.1) is 28.6 Å². The van der Waals surface area contributed by atoms with E-state index in [0.29, 0.717) is 17.9 Å². The van der Waals surface area contributed by atoms with Gasteiger partial charge in [-0.15, -0.1) is 0 Å². The number of nitrogens with one attached hydrogen (secondary N) is 1. The first-order valence-corrected chi connectivity index (χ1v) is 8.61. The third kappa shape index (κ3) is 3.01. The van der Waals surface area contributed by atoms with E-state index in [9.17, 15) is 9.59 Å². The van der Waals surface area contributed by atoms with Crippen molar-refractivity contribution in [3.63, 3.8) is 0 Å². The second kappa shape index (κ2) is 6.91. The van der Waals surface area contributed by atoms with Crippen LogP contribution in [0.4, 0.5) is 5.69 Å². The smallest absolute Gasteiger partial charge is 0.321 e. The molecule has 0 spiro atoms. The summed E-state index contributed by atoms with van der Waals surface area (Å²) in [4.78, 5) is 29.4. The predicted octanol–water partition coefficient (Wildman–Crippen LogP) is 2.04. The Morgan fingerprint density at radius 1 is 1.07 bits per heavy atom. The van der Waals surface area contributed by atoms with E-state index in [1.165, 1.54) is 4.57 Å². The summed E-state index contributed by atoms with van der Waals surface area (Å²) < 4.78 is 4.78. The van der Waals surface area contributed by atoms with Gasteiger partial charge >= 0.3 is 5.69 Å². The summed E-state index contributed by atoms with van der Waals surface area (Å²) in [6, 6.07) is 11.0. The lowest BCUT2D eigenvalue weighted by molar-refractivity contribution is -0.116. The minimum Gasteiger partial charge on any atom is -0.321 e. The monoisotopic (exact) mass is 362 g/mol. The first-order valence-electron chi connectivity index (χ1n) is 8.61. The van der Waals surface area contributed by atoms with Gasteiger partial charge in [0, 0.05) is 25.1 Å². The zero-order valence-electron chi connectivity index (χ0n) is 14.7. The van der Waals surface area contributed by atoms with Crippen LogP contribution >= 0.6 is 0 Å². The van der Waals surface area contributed by atoms with Crippen LogP contribution in [0.1, 0.15) is 6.92 Å². The summed E-state index contributed by atoms with van der Waals surface area (Å²) in [5.74, 6) is -0.308. The minimum atomic E-state index is -0.308. The number of anilines is 1. The first-order chi connectivity index (χ1) is 13.2. The van der Waals surface area contributed by atoms with Crippen molar-refractivity contribution in [2.45, 2.75) is 20.0 Å². The van der Waals surface area contributed by atoms with Crippen molar-refractivity contribution in [1.29, 1.82) is 0 Å². The molecule has 0 atom stereocenters. The van der Waals surface area contributed by atoms with E-state index in [4.69, 9.17) is 0 Å². The van der Waals surface area contributed by atoms with Crippen LogP contribution in [0.25, 0.3) is 16.7 Å². The van der Waals surface area contributed by atoms with Gasteiger partial charge in [0.15, 0.2) is 0 Å². The number of para-hydroxylation sites is 2. The number of amides is 1. The Kier molecular flexibility index (Phi) is 4.29. The van der Waals surface area contributed by atoms with Gasteiger partial charge in [-0.1, -0.05) is 12.1 Å². The molecule has 0 radical (unpaired) electrons. The maximum absolute atomic E-state index is 12.7. The van der Waals surface area contributed by atoms with Crippen LogP contribution in [-0.2, 0) is 17.9 Å². The maximum Gasteiger partial charge on any atom is 0.329 e. The fourth-order valence-corrected chi connectivity index (χ4v) is 3.16. The number of carbonyl (C=O) groups excluding carboxylic acids is 1. The van der Waals surface area contributed by atoms with Crippen molar-refractivity contribution in [3.05, 3.63) is 71.7 Å². The molecule has 0 saturated heterocycles. The predicted molar refractivity (Wildman–Crippen MR) is 102 cm³/mol. The lowest BCUT2D eigenvalue weighted by Crippen LogP contribution is -2.29. The number of rotatable bonds is 5. The van der Waals surface area contributed by atoms with Crippen molar-refractivity contribution < 1.29 is 4.79 Å². The number of carbonyl (C=O) groups is 1. The molecule has 3 heterocycles. The zero-order valence-corrected chi connectivity index (χ0v) is 14.7. The average Bonchev–Trinajstić information content (AvgIpc) is 3.30. The number of aryl methyl sites for hydroxylation is 1. The summed E-state index contributed by atoms with van der Waals surface area (Å²) in [6.07, 6.45) is 6.63. The van der Waals surface area contributed by atoms with Crippen molar-refractivity contribution in [2.24, 2.45) is 0 Å². The summed E-state index contributed by atoms with van der Waals surface area (Å²) in [5.41, 5.74) is 2.58. The molecule has 0 unspecified atom stereocenters. The molecule has 0 saturated carbocycles. The number of hydrogen-bond acceptors (Lipinski definition) is 4. The summed E-state index contributed by atoms with van der Waals surface area (Å²) in [7, 11) is 0. The third-order valence-electron chi connectivity index (χ3n) is 4.37. The molecule has 8 nitrogen and oxygen atoms in total. The van der Waals surface area contributed by atoms with Crippen LogP contribution in [0.3, 0.4) is 0 Å². The average molecular weight is 362 g/mol. The molecule has 0 aliphatic rings. The second-order valence-corrected chi connectivity index (χ2v) is 5.99. The van der Waals surface area contributed by atoms with Gasteiger partial charge < -0.3 is 5.32 Å². The Hall–Kier alpha value is -3.68. The summed E-state index contributed by atoms with van der Waals surface area (Å²) in [6.45, 7) is 2.37. The van der Waals surface area contributed by atoms with E-state index in [0.717, 1.165) is 11.0 Å². The van der Waals surface area contributed by atoms with Crippen LogP contribution in [0, 0.1) is 0 Å². The maximum atomic E-state index is 12.7. The van der Waals surface area contributed by atoms with Gasteiger partial charge in [-0.2, -0.15) is 5.10 Å². The normalized spacial score (nSPS) is 11.0. The largest absolute Gasteiger partial charge is 0.329 e. The van der Waals surface area contributed by atoms with Crippen molar-refractivity contribution in [2.75, 3.05) is 5.32 Å². The molecular weight excluding hydrogens is 344 g/mol. The third-order valence-corrected chi connectivity index (χ3v) is 4.37. The molecule has 3 aromatic heterocycles. The topological polar surface area (TPSA) is 86.7 Å². The summed E-state index contributed by atoms with van der Waals surface area (Å²) >= 11 is 0.